The van der Waals surface area contributed by atoms with E-state index in [1.54, 1.807) is 0 Å². The molecule has 0 aliphatic carbocycles. The number of rotatable bonds is 4. The van der Waals surface area contributed by atoms with Crippen molar-refractivity contribution in [1.29, 1.82) is 0 Å². The number of furan rings is 2. The summed E-state index contributed by atoms with van der Waals surface area (Å²) >= 11 is 6.34. The summed E-state index contributed by atoms with van der Waals surface area (Å²) in [7, 11) is 0. The minimum absolute atomic E-state index is 0.560. The number of hydrogen-bond acceptors (Lipinski definition) is 5. The van der Waals surface area contributed by atoms with Gasteiger partial charge in [-0.25, -0.2) is 15.0 Å². The van der Waals surface area contributed by atoms with Gasteiger partial charge in [-0.05, 0) is 53.6 Å². The number of fused-ring (bicyclic) bond motifs is 6. The van der Waals surface area contributed by atoms with Crippen LogP contribution in [0.5, 0.6) is 0 Å². The first-order chi connectivity index (χ1) is 22.2. The summed E-state index contributed by atoms with van der Waals surface area (Å²) in [6.07, 6.45) is 0. The molecule has 0 unspecified atom stereocenters. The highest BCUT2D eigenvalue weighted by atomic mass is 35.5. The number of benzene rings is 6. The van der Waals surface area contributed by atoms with E-state index >= 15 is 0 Å². The SMILES string of the molecule is Clc1cccc(-c2cccc(-c3nc(-c4cccc5oc6ccccc6c45)nc(-c4cccc5oc6ccccc6c45)n3)c2)c1. The fourth-order valence-electron chi connectivity index (χ4n) is 6.17. The van der Waals surface area contributed by atoms with Crippen LogP contribution >= 0.6 is 11.6 Å². The van der Waals surface area contributed by atoms with Crippen LogP contribution < -0.4 is 0 Å². The lowest BCUT2D eigenvalue weighted by Gasteiger charge is -2.11. The standard InChI is InChI=1S/C39H22ClN3O2/c40-26-12-6-10-24(22-26)23-9-5-11-25(21-23)37-41-38(29-15-7-19-33-35(29)27-13-1-3-17-31(27)44-33)43-39(42-37)30-16-8-20-34-36(30)28-14-2-4-18-32(28)45-34/h1-22H. The Labute approximate surface area is 262 Å². The number of nitrogens with zero attached hydrogens (tertiary/aromatic N) is 3. The molecule has 0 aliphatic rings. The highest BCUT2D eigenvalue weighted by Gasteiger charge is 2.20. The summed E-state index contributed by atoms with van der Waals surface area (Å²) in [5, 5.41) is 4.64. The molecule has 0 saturated heterocycles. The minimum Gasteiger partial charge on any atom is -0.456 e. The molecule has 0 N–H and O–H groups in total. The third-order valence-corrected chi connectivity index (χ3v) is 8.44. The van der Waals surface area contributed by atoms with Crippen molar-refractivity contribution in [3.05, 3.63) is 138 Å². The van der Waals surface area contributed by atoms with Crippen molar-refractivity contribution >= 4 is 55.5 Å². The van der Waals surface area contributed by atoms with E-state index in [-0.39, 0.29) is 0 Å². The second-order valence-electron chi connectivity index (χ2n) is 11.0. The van der Waals surface area contributed by atoms with Crippen LogP contribution in [0.2, 0.25) is 5.02 Å². The molecule has 0 radical (unpaired) electrons. The molecule has 3 aromatic heterocycles. The van der Waals surface area contributed by atoms with Crippen LogP contribution in [0.4, 0.5) is 0 Å². The summed E-state index contributed by atoms with van der Waals surface area (Å²) in [4.78, 5) is 15.4. The van der Waals surface area contributed by atoms with Gasteiger partial charge in [-0.1, -0.05) is 103 Å². The zero-order chi connectivity index (χ0) is 29.9. The van der Waals surface area contributed by atoms with Crippen LogP contribution in [0.1, 0.15) is 0 Å². The van der Waals surface area contributed by atoms with Crippen LogP contribution in [0.3, 0.4) is 0 Å². The van der Waals surface area contributed by atoms with E-state index in [2.05, 4.69) is 24.3 Å². The quantitative estimate of drug-likeness (QED) is 0.201. The molecular formula is C39H22ClN3O2. The highest BCUT2D eigenvalue weighted by Crippen LogP contribution is 2.39. The van der Waals surface area contributed by atoms with Crippen molar-refractivity contribution in [3.63, 3.8) is 0 Å². The molecule has 5 nitrogen and oxygen atoms in total. The van der Waals surface area contributed by atoms with Crippen LogP contribution in [-0.2, 0) is 0 Å². The minimum atomic E-state index is 0.560. The third-order valence-electron chi connectivity index (χ3n) is 8.20. The average molecular weight is 600 g/mol. The summed E-state index contributed by atoms with van der Waals surface area (Å²) in [6, 6.07) is 44.1. The summed E-state index contributed by atoms with van der Waals surface area (Å²) in [5.74, 6) is 1.68. The van der Waals surface area contributed by atoms with E-state index in [0.29, 0.717) is 22.5 Å². The van der Waals surface area contributed by atoms with E-state index < -0.39 is 0 Å². The molecule has 0 aliphatic heterocycles. The second kappa shape index (κ2) is 10.2. The van der Waals surface area contributed by atoms with Crippen molar-refractivity contribution in [2.24, 2.45) is 0 Å². The molecule has 0 saturated carbocycles. The normalized spacial score (nSPS) is 11.7. The molecule has 0 amide bonds. The van der Waals surface area contributed by atoms with Gasteiger partial charge in [0, 0.05) is 43.3 Å². The first kappa shape index (κ1) is 25.7. The highest BCUT2D eigenvalue weighted by molar-refractivity contribution is 6.30. The maximum Gasteiger partial charge on any atom is 0.164 e. The molecule has 6 aromatic carbocycles. The smallest absolute Gasteiger partial charge is 0.164 e. The Morgan fingerprint density at radius 1 is 0.400 bits per heavy atom. The molecule has 0 fully saturated rings. The lowest BCUT2D eigenvalue weighted by atomic mass is 10.0. The monoisotopic (exact) mass is 599 g/mol. The molecule has 45 heavy (non-hydrogen) atoms. The third kappa shape index (κ3) is 4.28. The van der Waals surface area contributed by atoms with Gasteiger partial charge in [-0.3, -0.25) is 0 Å². The van der Waals surface area contributed by atoms with E-state index in [0.717, 1.165) is 71.7 Å². The molecule has 6 heteroatoms. The van der Waals surface area contributed by atoms with Crippen LogP contribution in [0.25, 0.3) is 89.2 Å². The molecule has 0 bridgehead atoms. The lowest BCUT2D eigenvalue weighted by Crippen LogP contribution is -2.01. The fraction of sp³-hybridized carbons (Fsp3) is 0. The number of halogens is 1. The second-order valence-corrected chi connectivity index (χ2v) is 11.4. The first-order valence-corrected chi connectivity index (χ1v) is 15.0. The van der Waals surface area contributed by atoms with Gasteiger partial charge in [0.05, 0.1) is 0 Å². The van der Waals surface area contributed by atoms with Crippen LogP contribution in [0, 0.1) is 0 Å². The van der Waals surface area contributed by atoms with Crippen LogP contribution in [-0.4, -0.2) is 15.0 Å². The Morgan fingerprint density at radius 2 is 0.867 bits per heavy atom. The van der Waals surface area contributed by atoms with Crippen LogP contribution in [0.15, 0.2) is 142 Å². The van der Waals surface area contributed by atoms with Crippen molar-refractivity contribution in [2.75, 3.05) is 0 Å². The Bertz CT molecular complexity index is 2450. The topological polar surface area (TPSA) is 65.0 Å². The molecule has 212 valence electrons. The maximum atomic E-state index is 6.34. The van der Waals surface area contributed by atoms with Crippen molar-refractivity contribution in [1.82, 2.24) is 15.0 Å². The molecule has 9 aromatic rings. The van der Waals surface area contributed by atoms with Gasteiger partial charge in [-0.2, -0.15) is 0 Å². The van der Waals surface area contributed by atoms with Gasteiger partial charge in [-0.15, -0.1) is 0 Å². The summed E-state index contributed by atoms with van der Waals surface area (Å²) in [6.45, 7) is 0. The molecular weight excluding hydrogens is 578 g/mol. The lowest BCUT2D eigenvalue weighted by molar-refractivity contribution is 0.668. The zero-order valence-corrected chi connectivity index (χ0v) is 24.5. The van der Waals surface area contributed by atoms with E-state index in [1.807, 2.05) is 109 Å². The maximum absolute atomic E-state index is 6.34. The van der Waals surface area contributed by atoms with E-state index in [9.17, 15) is 0 Å². The summed E-state index contributed by atoms with van der Waals surface area (Å²) in [5.41, 5.74) is 7.84. The van der Waals surface area contributed by atoms with Gasteiger partial charge >= 0.3 is 0 Å². The first-order valence-electron chi connectivity index (χ1n) is 14.6. The molecule has 0 atom stereocenters. The number of hydrogen-bond donors (Lipinski definition) is 0. The van der Waals surface area contributed by atoms with E-state index in [1.165, 1.54) is 0 Å². The van der Waals surface area contributed by atoms with Gasteiger partial charge in [0.15, 0.2) is 17.5 Å². The molecule has 0 spiro atoms. The zero-order valence-electron chi connectivity index (χ0n) is 23.7. The van der Waals surface area contributed by atoms with Crippen molar-refractivity contribution in [3.8, 4) is 45.3 Å². The Kier molecular flexibility index (Phi) is 5.80. The predicted molar refractivity (Wildman–Crippen MR) is 181 cm³/mol. The van der Waals surface area contributed by atoms with E-state index in [4.69, 9.17) is 35.4 Å². The van der Waals surface area contributed by atoms with Gasteiger partial charge in [0.1, 0.15) is 22.3 Å². The summed E-state index contributed by atoms with van der Waals surface area (Å²) < 4.78 is 12.4. The molecule has 9 rings (SSSR count). The van der Waals surface area contributed by atoms with Gasteiger partial charge < -0.3 is 8.83 Å². The largest absolute Gasteiger partial charge is 0.456 e. The predicted octanol–water partition coefficient (Wildman–Crippen LogP) is 11.0. The van der Waals surface area contributed by atoms with Gasteiger partial charge in [0.2, 0.25) is 0 Å². The number of para-hydroxylation sites is 2. The van der Waals surface area contributed by atoms with Gasteiger partial charge in [0.25, 0.3) is 0 Å². The fourth-order valence-corrected chi connectivity index (χ4v) is 6.36. The van der Waals surface area contributed by atoms with Crippen molar-refractivity contribution < 1.29 is 8.83 Å². The Hall–Kier alpha value is -5.78. The number of aromatic nitrogens is 3. The Morgan fingerprint density at radius 3 is 1.47 bits per heavy atom. The average Bonchev–Trinajstić information content (AvgIpc) is 3.67. The molecule has 3 heterocycles. The van der Waals surface area contributed by atoms with Crippen molar-refractivity contribution in [2.45, 2.75) is 0 Å². The Balaban J connectivity index is 1.33.